The van der Waals surface area contributed by atoms with E-state index < -0.39 is 10.0 Å². The molecule has 2 heterocycles. The first-order valence-electron chi connectivity index (χ1n) is 7.33. The Labute approximate surface area is 135 Å². The van der Waals surface area contributed by atoms with Crippen molar-refractivity contribution >= 4 is 15.9 Å². The van der Waals surface area contributed by atoms with Crippen LogP contribution < -0.4 is 0 Å². The van der Waals surface area contributed by atoms with Crippen molar-refractivity contribution in [2.24, 2.45) is 0 Å². The standard InChI is InChI=1S/C16H17N3O3S/c20-16(14-6-8-17-9-7-14)18-10-12-19(13-11-18)23(21,22)15-4-2-1-3-5-15/h1-9H,10-13H2. The predicted octanol–water partition coefficient (Wildman–Crippen LogP) is 1.23. The number of amides is 1. The number of sulfonamides is 1. The first kappa shape index (κ1) is 15.6. The number of benzene rings is 1. The molecular formula is C16H17N3O3S. The maximum Gasteiger partial charge on any atom is 0.254 e. The van der Waals surface area contributed by atoms with Gasteiger partial charge in [0, 0.05) is 44.1 Å². The van der Waals surface area contributed by atoms with Crippen LogP contribution in [-0.2, 0) is 10.0 Å². The Morgan fingerprint density at radius 3 is 2.13 bits per heavy atom. The van der Waals surface area contributed by atoms with E-state index in [2.05, 4.69) is 4.98 Å². The monoisotopic (exact) mass is 331 g/mol. The lowest BCUT2D eigenvalue weighted by atomic mass is 10.2. The Bertz CT molecular complexity index is 771. The normalized spacial score (nSPS) is 16.3. The summed E-state index contributed by atoms with van der Waals surface area (Å²) in [4.78, 5) is 18.2. The van der Waals surface area contributed by atoms with E-state index in [1.54, 1.807) is 59.8 Å². The molecule has 0 N–H and O–H groups in total. The molecule has 1 aromatic carbocycles. The van der Waals surface area contributed by atoms with Crippen molar-refractivity contribution in [2.45, 2.75) is 4.90 Å². The third kappa shape index (κ3) is 3.25. The Kier molecular flexibility index (Phi) is 4.40. The van der Waals surface area contributed by atoms with E-state index >= 15 is 0 Å². The zero-order valence-corrected chi connectivity index (χ0v) is 13.3. The maximum atomic E-state index is 12.5. The fraction of sp³-hybridized carbons (Fsp3) is 0.250. The van der Waals surface area contributed by atoms with Crippen molar-refractivity contribution in [1.82, 2.24) is 14.2 Å². The van der Waals surface area contributed by atoms with Gasteiger partial charge in [-0.15, -0.1) is 0 Å². The molecule has 1 saturated heterocycles. The van der Waals surface area contributed by atoms with Gasteiger partial charge in [0.15, 0.2) is 0 Å². The quantitative estimate of drug-likeness (QED) is 0.848. The van der Waals surface area contributed by atoms with Gasteiger partial charge in [0.1, 0.15) is 0 Å². The van der Waals surface area contributed by atoms with E-state index in [4.69, 9.17) is 0 Å². The highest BCUT2D eigenvalue weighted by Crippen LogP contribution is 2.18. The number of carbonyl (C=O) groups excluding carboxylic acids is 1. The Hall–Kier alpha value is -2.25. The van der Waals surface area contributed by atoms with Gasteiger partial charge in [-0.2, -0.15) is 4.31 Å². The number of aromatic nitrogens is 1. The van der Waals surface area contributed by atoms with Crippen LogP contribution in [0.25, 0.3) is 0 Å². The Morgan fingerprint density at radius 2 is 1.52 bits per heavy atom. The molecule has 1 amide bonds. The fourth-order valence-corrected chi connectivity index (χ4v) is 3.99. The van der Waals surface area contributed by atoms with Crippen LogP contribution in [-0.4, -0.2) is 54.7 Å². The molecule has 2 aromatic rings. The molecule has 1 aliphatic heterocycles. The topological polar surface area (TPSA) is 70.6 Å². The summed E-state index contributed by atoms with van der Waals surface area (Å²) in [5.74, 6) is -0.0934. The first-order valence-corrected chi connectivity index (χ1v) is 8.77. The molecule has 0 saturated carbocycles. The number of nitrogens with zero attached hydrogens (tertiary/aromatic N) is 3. The molecule has 0 atom stereocenters. The van der Waals surface area contributed by atoms with Gasteiger partial charge in [-0.1, -0.05) is 18.2 Å². The van der Waals surface area contributed by atoms with Crippen LogP contribution in [0.15, 0.2) is 59.8 Å². The van der Waals surface area contributed by atoms with E-state index in [9.17, 15) is 13.2 Å². The summed E-state index contributed by atoms with van der Waals surface area (Å²) in [6, 6.07) is 11.7. The minimum Gasteiger partial charge on any atom is -0.336 e. The molecule has 0 aliphatic carbocycles. The molecule has 0 bridgehead atoms. The SMILES string of the molecule is O=C(c1ccncc1)N1CCN(S(=O)(=O)c2ccccc2)CC1. The number of carbonyl (C=O) groups is 1. The zero-order chi connectivity index (χ0) is 16.3. The second-order valence-corrected chi connectivity index (χ2v) is 7.18. The minimum atomic E-state index is -3.49. The lowest BCUT2D eigenvalue weighted by Crippen LogP contribution is -2.50. The molecule has 7 heteroatoms. The predicted molar refractivity (Wildman–Crippen MR) is 85.3 cm³/mol. The highest BCUT2D eigenvalue weighted by atomic mass is 32.2. The first-order chi connectivity index (χ1) is 11.1. The summed E-state index contributed by atoms with van der Waals surface area (Å²) in [6.45, 7) is 1.36. The summed E-state index contributed by atoms with van der Waals surface area (Å²) in [6.07, 6.45) is 3.15. The third-order valence-electron chi connectivity index (χ3n) is 3.83. The van der Waals surface area contributed by atoms with Gasteiger partial charge in [0.05, 0.1) is 4.90 Å². The fourth-order valence-electron chi connectivity index (χ4n) is 2.55. The number of pyridine rings is 1. The van der Waals surface area contributed by atoms with Gasteiger partial charge in [-0.05, 0) is 24.3 Å². The average Bonchev–Trinajstić information content (AvgIpc) is 2.63. The molecular weight excluding hydrogens is 314 g/mol. The summed E-state index contributed by atoms with van der Waals surface area (Å²) in [5, 5.41) is 0. The Balaban J connectivity index is 1.68. The molecule has 0 unspecified atom stereocenters. The summed E-state index contributed by atoms with van der Waals surface area (Å²) >= 11 is 0. The van der Waals surface area contributed by atoms with Gasteiger partial charge in [0.25, 0.3) is 5.91 Å². The van der Waals surface area contributed by atoms with Crippen molar-refractivity contribution < 1.29 is 13.2 Å². The van der Waals surface area contributed by atoms with Crippen LogP contribution in [0.2, 0.25) is 0 Å². The molecule has 120 valence electrons. The number of rotatable bonds is 3. The number of hydrogen-bond donors (Lipinski definition) is 0. The molecule has 1 aliphatic rings. The molecule has 23 heavy (non-hydrogen) atoms. The summed E-state index contributed by atoms with van der Waals surface area (Å²) < 4.78 is 26.5. The number of piperazine rings is 1. The zero-order valence-electron chi connectivity index (χ0n) is 12.5. The highest BCUT2D eigenvalue weighted by Gasteiger charge is 2.30. The molecule has 3 rings (SSSR count). The van der Waals surface area contributed by atoms with Crippen LogP contribution in [0, 0.1) is 0 Å². The van der Waals surface area contributed by atoms with E-state index in [0.717, 1.165) is 0 Å². The van der Waals surface area contributed by atoms with Crippen molar-refractivity contribution in [3.63, 3.8) is 0 Å². The second kappa shape index (κ2) is 6.47. The van der Waals surface area contributed by atoms with Gasteiger partial charge in [0.2, 0.25) is 10.0 Å². The van der Waals surface area contributed by atoms with Crippen LogP contribution in [0.1, 0.15) is 10.4 Å². The van der Waals surface area contributed by atoms with Crippen molar-refractivity contribution in [2.75, 3.05) is 26.2 Å². The van der Waals surface area contributed by atoms with E-state index in [-0.39, 0.29) is 10.8 Å². The molecule has 0 spiro atoms. The lowest BCUT2D eigenvalue weighted by Gasteiger charge is -2.34. The van der Waals surface area contributed by atoms with Gasteiger partial charge in [-0.3, -0.25) is 9.78 Å². The van der Waals surface area contributed by atoms with Gasteiger partial charge in [-0.25, -0.2) is 8.42 Å². The smallest absolute Gasteiger partial charge is 0.254 e. The average molecular weight is 331 g/mol. The third-order valence-corrected chi connectivity index (χ3v) is 5.75. The Morgan fingerprint density at radius 1 is 0.913 bits per heavy atom. The largest absolute Gasteiger partial charge is 0.336 e. The molecule has 1 aromatic heterocycles. The maximum absolute atomic E-state index is 12.5. The minimum absolute atomic E-state index is 0.0934. The van der Waals surface area contributed by atoms with Gasteiger partial charge >= 0.3 is 0 Å². The van der Waals surface area contributed by atoms with Crippen molar-refractivity contribution in [3.8, 4) is 0 Å². The number of hydrogen-bond acceptors (Lipinski definition) is 4. The summed E-state index contributed by atoms with van der Waals surface area (Å²) in [5.41, 5.74) is 0.569. The van der Waals surface area contributed by atoms with Crippen LogP contribution in [0.4, 0.5) is 0 Å². The van der Waals surface area contributed by atoms with Crippen LogP contribution >= 0.6 is 0 Å². The van der Waals surface area contributed by atoms with E-state index in [1.807, 2.05) is 0 Å². The molecule has 6 nitrogen and oxygen atoms in total. The lowest BCUT2D eigenvalue weighted by molar-refractivity contribution is 0.0698. The second-order valence-electron chi connectivity index (χ2n) is 5.25. The highest BCUT2D eigenvalue weighted by molar-refractivity contribution is 7.89. The van der Waals surface area contributed by atoms with Crippen LogP contribution in [0.3, 0.4) is 0 Å². The van der Waals surface area contributed by atoms with Crippen LogP contribution in [0.5, 0.6) is 0 Å². The van der Waals surface area contributed by atoms with E-state index in [1.165, 1.54) is 4.31 Å². The van der Waals surface area contributed by atoms with Gasteiger partial charge < -0.3 is 4.90 Å². The summed E-state index contributed by atoms with van der Waals surface area (Å²) in [7, 11) is -3.49. The van der Waals surface area contributed by atoms with Crippen molar-refractivity contribution in [3.05, 3.63) is 60.4 Å². The van der Waals surface area contributed by atoms with E-state index in [0.29, 0.717) is 31.7 Å². The van der Waals surface area contributed by atoms with Crippen molar-refractivity contribution in [1.29, 1.82) is 0 Å². The molecule has 1 fully saturated rings. The molecule has 0 radical (unpaired) electrons.